The molecule has 0 radical (unpaired) electrons. The zero-order valence-corrected chi connectivity index (χ0v) is 8.76. The molecule has 0 fully saturated rings. The third-order valence-electron chi connectivity index (χ3n) is 1.95. The molecule has 0 aliphatic rings. The van der Waals surface area contributed by atoms with E-state index in [-0.39, 0.29) is 5.41 Å². The second kappa shape index (κ2) is 3.04. The van der Waals surface area contributed by atoms with Crippen LogP contribution in [0.1, 0.15) is 26.5 Å². The zero-order valence-electron chi connectivity index (χ0n) is 8.76. The predicted molar refractivity (Wildman–Crippen MR) is 53.6 cm³/mol. The van der Waals surface area contributed by atoms with Crippen molar-refractivity contribution < 1.29 is 4.98 Å². The summed E-state index contributed by atoms with van der Waals surface area (Å²) in [7, 11) is 0. The van der Waals surface area contributed by atoms with E-state index in [9.17, 15) is 0 Å². The fourth-order valence-corrected chi connectivity index (χ4v) is 1.43. The Morgan fingerprint density at radius 3 is 2.93 bits per heavy atom. The SMILES string of the molecule is CC(C)(C)Cc1cnc2[nH+]c[nH]c2n1. The standard InChI is InChI=1S/C10H14N4/c1-10(2,3)4-7-5-11-8-9(14-7)13-6-12-8/h5-6H,4H2,1-3H3,(H,11,12,13,14)/p+1. The Morgan fingerprint density at radius 1 is 1.43 bits per heavy atom. The summed E-state index contributed by atoms with van der Waals surface area (Å²) in [5.74, 6) is 0. The van der Waals surface area contributed by atoms with Crippen LogP contribution >= 0.6 is 0 Å². The molecule has 0 amide bonds. The van der Waals surface area contributed by atoms with Crippen molar-refractivity contribution in [1.29, 1.82) is 0 Å². The Labute approximate surface area is 82.8 Å². The summed E-state index contributed by atoms with van der Waals surface area (Å²) in [6, 6.07) is 0. The highest BCUT2D eigenvalue weighted by Gasteiger charge is 2.15. The Hall–Kier alpha value is -1.45. The topological polar surface area (TPSA) is 55.7 Å². The zero-order chi connectivity index (χ0) is 10.2. The van der Waals surface area contributed by atoms with Gasteiger partial charge < -0.3 is 0 Å². The summed E-state index contributed by atoms with van der Waals surface area (Å²) in [6.07, 6.45) is 4.51. The molecule has 0 saturated heterocycles. The number of imidazole rings is 1. The fourth-order valence-electron chi connectivity index (χ4n) is 1.43. The van der Waals surface area contributed by atoms with Crippen LogP contribution in [0, 0.1) is 5.41 Å². The van der Waals surface area contributed by atoms with E-state index in [4.69, 9.17) is 0 Å². The lowest BCUT2D eigenvalue weighted by molar-refractivity contribution is -0.347. The highest BCUT2D eigenvalue weighted by atomic mass is 15.0. The molecular formula is C10H15N4+. The maximum atomic E-state index is 4.47. The average Bonchev–Trinajstić information content (AvgIpc) is 2.47. The molecule has 74 valence electrons. The van der Waals surface area contributed by atoms with E-state index >= 15 is 0 Å². The van der Waals surface area contributed by atoms with Gasteiger partial charge in [-0.05, 0) is 11.8 Å². The number of aromatic nitrogens is 4. The molecule has 0 aliphatic heterocycles. The van der Waals surface area contributed by atoms with Gasteiger partial charge >= 0.3 is 5.65 Å². The Kier molecular flexibility index (Phi) is 1.98. The van der Waals surface area contributed by atoms with Crippen molar-refractivity contribution in [2.45, 2.75) is 27.2 Å². The quantitative estimate of drug-likeness (QED) is 0.740. The predicted octanol–water partition coefficient (Wildman–Crippen LogP) is 1.36. The third-order valence-corrected chi connectivity index (χ3v) is 1.95. The molecule has 2 aromatic heterocycles. The van der Waals surface area contributed by atoms with Gasteiger partial charge in [-0.15, -0.1) is 4.98 Å². The number of fused-ring (bicyclic) bond motifs is 1. The minimum absolute atomic E-state index is 0.249. The molecule has 2 N–H and O–H groups in total. The van der Waals surface area contributed by atoms with Gasteiger partial charge in [0, 0.05) is 0 Å². The van der Waals surface area contributed by atoms with E-state index in [0.717, 1.165) is 23.4 Å². The van der Waals surface area contributed by atoms with Crippen LogP contribution in [0.5, 0.6) is 0 Å². The van der Waals surface area contributed by atoms with E-state index in [2.05, 4.69) is 40.7 Å². The highest BCUT2D eigenvalue weighted by Crippen LogP contribution is 2.19. The van der Waals surface area contributed by atoms with Crippen molar-refractivity contribution in [3.8, 4) is 0 Å². The fraction of sp³-hybridized carbons (Fsp3) is 0.500. The van der Waals surface area contributed by atoms with Crippen molar-refractivity contribution >= 4 is 11.3 Å². The second-order valence-electron chi connectivity index (χ2n) is 4.73. The van der Waals surface area contributed by atoms with Crippen LogP contribution in [0.15, 0.2) is 12.5 Å². The van der Waals surface area contributed by atoms with Crippen LogP contribution in [0.4, 0.5) is 0 Å². The van der Waals surface area contributed by atoms with Crippen molar-refractivity contribution in [1.82, 2.24) is 15.0 Å². The Bertz CT molecular complexity index is 439. The first-order valence-corrected chi connectivity index (χ1v) is 4.75. The van der Waals surface area contributed by atoms with Crippen LogP contribution in [-0.4, -0.2) is 15.0 Å². The lowest BCUT2D eigenvalue weighted by atomic mass is 9.91. The molecule has 0 atom stereocenters. The van der Waals surface area contributed by atoms with E-state index in [1.165, 1.54) is 0 Å². The van der Waals surface area contributed by atoms with Gasteiger partial charge in [0.25, 0.3) is 5.65 Å². The average molecular weight is 191 g/mol. The molecule has 4 nitrogen and oxygen atoms in total. The number of rotatable bonds is 1. The van der Waals surface area contributed by atoms with Gasteiger partial charge in [0.15, 0.2) is 6.33 Å². The minimum atomic E-state index is 0.249. The number of hydrogen-bond donors (Lipinski definition) is 1. The molecule has 0 spiro atoms. The molecule has 2 aromatic rings. The van der Waals surface area contributed by atoms with Gasteiger partial charge in [0.2, 0.25) is 0 Å². The summed E-state index contributed by atoms with van der Waals surface area (Å²) in [6.45, 7) is 6.58. The Morgan fingerprint density at radius 2 is 2.21 bits per heavy atom. The van der Waals surface area contributed by atoms with Crippen molar-refractivity contribution in [2.24, 2.45) is 5.41 Å². The van der Waals surface area contributed by atoms with Gasteiger partial charge in [0.05, 0.1) is 5.69 Å². The molecule has 0 unspecified atom stereocenters. The first-order valence-electron chi connectivity index (χ1n) is 4.75. The maximum Gasteiger partial charge on any atom is 0.319 e. The van der Waals surface area contributed by atoms with Crippen LogP contribution in [-0.2, 0) is 6.42 Å². The van der Waals surface area contributed by atoms with Crippen LogP contribution < -0.4 is 4.98 Å². The second-order valence-corrected chi connectivity index (χ2v) is 4.73. The lowest BCUT2D eigenvalue weighted by Gasteiger charge is -2.15. The molecule has 0 aliphatic carbocycles. The van der Waals surface area contributed by atoms with Crippen LogP contribution in [0.25, 0.3) is 11.3 Å². The molecule has 2 rings (SSSR count). The summed E-state index contributed by atoms with van der Waals surface area (Å²) in [5, 5.41) is 0. The molecule has 0 aromatic carbocycles. The first kappa shape index (κ1) is 9.12. The van der Waals surface area contributed by atoms with Gasteiger partial charge in [-0.25, -0.2) is 9.97 Å². The van der Waals surface area contributed by atoms with Crippen LogP contribution in [0.2, 0.25) is 0 Å². The summed E-state index contributed by atoms with van der Waals surface area (Å²) >= 11 is 0. The van der Waals surface area contributed by atoms with Gasteiger partial charge in [-0.2, -0.15) is 0 Å². The minimum Gasteiger partial charge on any atom is -0.258 e. The molecule has 4 heteroatoms. The molecular weight excluding hydrogens is 176 g/mol. The smallest absolute Gasteiger partial charge is 0.258 e. The lowest BCUT2D eigenvalue weighted by Crippen LogP contribution is -2.11. The summed E-state index contributed by atoms with van der Waals surface area (Å²) in [5.41, 5.74) is 2.91. The van der Waals surface area contributed by atoms with E-state index in [0.29, 0.717) is 0 Å². The monoisotopic (exact) mass is 191 g/mol. The van der Waals surface area contributed by atoms with Gasteiger partial charge in [-0.3, -0.25) is 4.98 Å². The summed E-state index contributed by atoms with van der Waals surface area (Å²) in [4.78, 5) is 14.7. The molecule has 0 bridgehead atoms. The van der Waals surface area contributed by atoms with Gasteiger partial charge in [0.1, 0.15) is 6.20 Å². The maximum absolute atomic E-state index is 4.47. The van der Waals surface area contributed by atoms with E-state index < -0.39 is 0 Å². The number of H-pyrrole nitrogens is 2. The van der Waals surface area contributed by atoms with Crippen molar-refractivity contribution in [3.63, 3.8) is 0 Å². The summed E-state index contributed by atoms with van der Waals surface area (Å²) < 4.78 is 0. The number of nitrogens with one attached hydrogen (secondary N) is 2. The Balaban J connectivity index is 2.35. The number of nitrogens with zero attached hydrogens (tertiary/aromatic N) is 2. The number of hydrogen-bond acceptors (Lipinski definition) is 2. The van der Waals surface area contributed by atoms with Crippen LogP contribution in [0.3, 0.4) is 0 Å². The van der Waals surface area contributed by atoms with E-state index in [1.54, 1.807) is 6.33 Å². The molecule has 0 saturated carbocycles. The van der Waals surface area contributed by atoms with Crippen molar-refractivity contribution in [2.75, 3.05) is 0 Å². The van der Waals surface area contributed by atoms with Crippen molar-refractivity contribution in [3.05, 3.63) is 18.2 Å². The number of aromatic amines is 2. The molecule has 2 heterocycles. The normalized spacial score (nSPS) is 12.2. The first-order chi connectivity index (χ1) is 6.54. The highest BCUT2D eigenvalue weighted by molar-refractivity contribution is 5.59. The largest absolute Gasteiger partial charge is 0.319 e. The third kappa shape index (κ3) is 1.89. The van der Waals surface area contributed by atoms with Gasteiger partial charge in [-0.1, -0.05) is 20.8 Å². The molecule has 14 heavy (non-hydrogen) atoms. The van der Waals surface area contributed by atoms with E-state index in [1.807, 2.05) is 6.20 Å².